The van der Waals surface area contributed by atoms with Gasteiger partial charge in [-0.3, -0.25) is 19.2 Å². The molecule has 2 N–H and O–H groups in total. The van der Waals surface area contributed by atoms with Gasteiger partial charge in [0.25, 0.3) is 0 Å². The molecule has 0 unspecified atom stereocenters. The normalized spacial score (nSPS) is 32.4. The number of carbonyl (C=O) groups is 4. The van der Waals surface area contributed by atoms with Crippen molar-refractivity contribution in [1.29, 1.82) is 0 Å². The summed E-state index contributed by atoms with van der Waals surface area (Å²) in [5, 5.41) is 20.3. The lowest BCUT2D eigenvalue weighted by molar-refractivity contribution is -0.251. The Labute approximate surface area is 137 Å². The van der Waals surface area contributed by atoms with E-state index in [-0.39, 0.29) is 0 Å². The predicted molar refractivity (Wildman–Crippen MR) is 74.2 cm³/mol. The van der Waals surface area contributed by atoms with Crippen molar-refractivity contribution >= 4 is 23.9 Å². The molecule has 0 aliphatic heterocycles. The molecule has 10 heteroatoms. The van der Waals surface area contributed by atoms with Crippen molar-refractivity contribution in [3.63, 3.8) is 0 Å². The largest absolute Gasteiger partial charge is 0.456 e. The zero-order valence-corrected chi connectivity index (χ0v) is 13.6. The lowest BCUT2D eigenvalue weighted by atomic mass is 9.84. The summed E-state index contributed by atoms with van der Waals surface area (Å²) in [5.74, 6) is -3.29. The molecule has 0 amide bonds. The monoisotopic (exact) mass is 348 g/mol. The van der Waals surface area contributed by atoms with Gasteiger partial charge in [-0.25, -0.2) is 0 Å². The fraction of sp³-hybridized carbons (Fsp3) is 0.714. The van der Waals surface area contributed by atoms with E-state index in [0.717, 1.165) is 27.7 Å². The third kappa shape index (κ3) is 4.90. The Bertz CT molecular complexity index is 470. The van der Waals surface area contributed by atoms with E-state index in [0.29, 0.717) is 0 Å². The number of carbonyl (C=O) groups excluding carboxylic acids is 4. The Balaban J connectivity index is 3.28. The van der Waals surface area contributed by atoms with Gasteiger partial charge in [0.05, 0.1) is 0 Å². The van der Waals surface area contributed by atoms with E-state index < -0.39 is 60.5 Å². The van der Waals surface area contributed by atoms with Gasteiger partial charge in [0.1, 0.15) is 12.2 Å². The predicted octanol–water partition coefficient (Wildman–Crippen LogP) is -1.55. The Morgan fingerprint density at radius 1 is 0.542 bits per heavy atom. The van der Waals surface area contributed by atoms with Crippen LogP contribution in [0.25, 0.3) is 0 Å². The molecule has 0 aromatic rings. The standard InChI is InChI=1S/C14H20O10/c1-5(15)21-11-9(19)10(20)12(22-6(2)16)14(24-8(4)18)13(11)23-7(3)17/h9-14,19-20H,1-4H3/t9-,10+,11-,12-,13-,14+/m1/s1. The van der Waals surface area contributed by atoms with E-state index in [1.54, 1.807) is 0 Å². The van der Waals surface area contributed by atoms with Gasteiger partial charge in [-0.05, 0) is 0 Å². The molecule has 136 valence electrons. The second-order valence-corrected chi connectivity index (χ2v) is 5.28. The summed E-state index contributed by atoms with van der Waals surface area (Å²) in [6.45, 7) is 4.19. The second-order valence-electron chi connectivity index (χ2n) is 5.28. The number of hydrogen-bond acceptors (Lipinski definition) is 10. The van der Waals surface area contributed by atoms with Crippen LogP contribution >= 0.6 is 0 Å². The minimum Gasteiger partial charge on any atom is -0.456 e. The molecule has 0 aromatic carbocycles. The first kappa shape index (κ1) is 19.8. The van der Waals surface area contributed by atoms with Crippen LogP contribution in [0.4, 0.5) is 0 Å². The molecule has 6 atom stereocenters. The maximum Gasteiger partial charge on any atom is 0.303 e. The Morgan fingerprint density at radius 2 is 0.750 bits per heavy atom. The summed E-state index contributed by atoms with van der Waals surface area (Å²) >= 11 is 0. The van der Waals surface area contributed by atoms with Gasteiger partial charge in [-0.2, -0.15) is 0 Å². The highest BCUT2D eigenvalue weighted by Gasteiger charge is 2.56. The van der Waals surface area contributed by atoms with Crippen molar-refractivity contribution in [1.82, 2.24) is 0 Å². The smallest absolute Gasteiger partial charge is 0.303 e. The van der Waals surface area contributed by atoms with Crippen molar-refractivity contribution in [2.24, 2.45) is 0 Å². The van der Waals surface area contributed by atoms with Gasteiger partial charge in [0, 0.05) is 27.7 Å². The van der Waals surface area contributed by atoms with Crippen molar-refractivity contribution in [3.8, 4) is 0 Å². The van der Waals surface area contributed by atoms with Gasteiger partial charge in [0.15, 0.2) is 24.4 Å². The average Bonchev–Trinajstić information content (AvgIpc) is 2.42. The molecule has 10 nitrogen and oxygen atoms in total. The summed E-state index contributed by atoms with van der Waals surface area (Å²) in [5.41, 5.74) is 0. The topological polar surface area (TPSA) is 146 Å². The number of ether oxygens (including phenoxy) is 4. The van der Waals surface area contributed by atoms with Gasteiger partial charge in [-0.1, -0.05) is 0 Å². The molecule has 0 radical (unpaired) electrons. The van der Waals surface area contributed by atoms with Gasteiger partial charge in [0.2, 0.25) is 0 Å². The molecule has 1 rings (SSSR count). The minimum absolute atomic E-state index is 0.820. The first-order chi connectivity index (χ1) is 11.0. The number of rotatable bonds is 4. The summed E-state index contributed by atoms with van der Waals surface area (Å²) in [6, 6.07) is 0. The summed E-state index contributed by atoms with van der Waals surface area (Å²) < 4.78 is 19.8. The van der Waals surface area contributed by atoms with Crippen molar-refractivity contribution in [2.45, 2.75) is 64.3 Å². The fourth-order valence-corrected chi connectivity index (χ4v) is 2.46. The number of hydrogen-bond donors (Lipinski definition) is 2. The van der Waals surface area contributed by atoms with E-state index in [9.17, 15) is 29.4 Å². The minimum atomic E-state index is -1.74. The third-order valence-corrected chi connectivity index (χ3v) is 3.20. The highest BCUT2D eigenvalue weighted by Crippen LogP contribution is 2.30. The van der Waals surface area contributed by atoms with Crippen LogP contribution in [0.15, 0.2) is 0 Å². The molecule has 1 fully saturated rings. The molecule has 0 spiro atoms. The summed E-state index contributed by atoms with van der Waals surface area (Å²) in [7, 11) is 0. The number of esters is 4. The number of aliphatic hydroxyl groups is 2. The summed E-state index contributed by atoms with van der Waals surface area (Å²) in [6.07, 6.45) is -9.46. The first-order valence-corrected chi connectivity index (χ1v) is 7.09. The van der Waals surface area contributed by atoms with Gasteiger partial charge in [-0.15, -0.1) is 0 Å². The van der Waals surface area contributed by atoms with Crippen LogP contribution in [0.3, 0.4) is 0 Å². The number of aliphatic hydroxyl groups excluding tert-OH is 2. The maximum absolute atomic E-state index is 11.3. The molecule has 0 heterocycles. The van der Waals surface area contributed by atoms with Crippen LogP contribution in [-0.4, -0.2) is 70.7 Å². The van der Waals surface area contributed by atoms with Crippen molar-refractivity contribution < 1.29 is 48.3 Å². The van der Waals surface area contributed by atoms with E-state index in [1.165, 1.54) is 0 Å². The molecule has 0 bridgehead atoms. The molecular formula is C14H20O10. The Kier molecular flexibility index (Phi) is 6.67. The zero-order chi connectivity index (χ0) is 18.6. The van der Waals surface area contributed by atoms with E-state index in [2.05, 4.69) is 0 Å². The van der Waals surface area contributed by atoms with Gasteiger partial charge < -0.3 is 29.2 Å². The Hall–Kier alpha value is -2.20. The van der Waals surface area contributed by atoms with Crippen LogP contribution in [0, 0.1) is 0 Å². The van der Waals surface area contributed by atoms with Crippen LogP contribution in [0.5, 0.6) is 0 Å². The highest BCUT2D eigenvalue weighted by atomic mass is 16.6. The summed E-state index contributed by atoms with van der Waals surface area (Å²) in [4.78, 5) is 45.1. The van der Waals surface area contributed by atoms with Crippen molar-refractivity contribution in [3.05, 3.63) is 0 Å². The molecule has 1 aliphatic rings. The first-order valence-electron chi connectivity index (χ1n) is 7.09. The molecule has 0 aromatic heterocycles. The fourth-order valence-electron chi connectivity index (χ4n) is 2.46. The quantitative estimate of drug-likeness (QED) is 0.452. The zero-order valence-electron chi connectivity index (χ0n) is 13.6. The SMILES string of the molecule is CC(=O)O[C@@H]1[C@H](OC(C)=O)[C@H](OC(C)=O)[C@H](O)[C@H](O)[C@H]1OC(C)=O. The second kappa shape index (κ2) is 8.06. The van der Waals surface area contributed by atoms with Crippen LogP contribution in [0.1, 0.15) is 27.7 Å². The molecular weight excluding hydrogens is 328 g/mol. The highest BCUT2D eigenvalue weighted by molar-refractivity contribution is 5.69. The maximum atomic E-state index is 11.3. The molecule has 1 saturated carbocycles. The third-order valence-electron chi connectivity index (χ3n) is 3.20. The lowest BCUT2D eigenvalue weighted by Crippen LogP contribution is -2.67. The molecule has 0 saturated heterocycles. The lowest BCUT2D eigenvalue weighted by Gasteiger charge is -2.44. The molecule has 24 heavy (non-hydrogen) atoms. The van der Waals surface area contributed by atoms with Crippen LogP contribution in [-0.2, 0) is 38.1 Å². The van der Waals surface area contributed by atoms with E-state index in [4.69, 9.17) is 18.9 Å². The van der Waals surface area contributed by atoms with Gasteiger partial charge >= 0.3 is 23.9 Å². The molecule has 1 aliphatic carbocycles. The van der Waals surface area contributed by atoms with Crippen LogP contribution < -0.4 is 0 Å². The van der Waals surface area contributed by atoms with E-state index >= 15 is 0 Å². The van der Waals surface area contributed by atoms with E-state index in [1.807, 2.05) is 0 Å². The Morgan fingerprint density at radius 3 is 0.958 bits per heavy atom. The average molecular weight is 348 g/mol. The van der Waals surface area contributed by atoms with Crippen molar-refractivity contribution in [2.75, 3.05) is 0 Å². The van der Waals surface area contributed by atoms with Crippen LogP contribution in [0.2, 0.25) is 0 Å².